The molecule has 0 spiro atoms. The average molecular weight is 300 g/mol. The molecule has 1 aliphatic heterocycles. The standard InChI is InChI=1S/C14H21FN2O2S/c1-10-8-13(15)5-6-14(10)20(18,19)17-7-3-4-12(9-17)11(2)16/h5-6,8,11-12H,3-4,7,9,16H2,1-2H3/t11-,12-/m0/s1. The van der Waals surface area contributed by atoms with Crippen LogP contribution in [0.15, 0.2) is 23.1 Å². The third-order valence-electron chi connectivity index (χ3n) is 3.92. The monoisotopic (exact) mass is 300 g/mol. The molecule has 6 heteroatoms. The Bertz CT molecular complexity index is 587. The van der Waals surface area contributed by atoms with Gasteiger partial charge < -0.3 is 5.73 Å². The molecule has 2 atom stereocenters. The van der Waals surface area contributed by atoms with Crippen LogP contribution in [-0.4, -0.2) is 31.9 Å². The van der Waals surface area contributed by atoms with Crippen LogP contribution in [0.3, 0.4) is 0 Å². The predicted molar refractivity (Wildman–Crippen MR) is 76.3 cm³/mol. The lowest BCUT2D eigenvalue weighted by atomic mass is 9.93. The van der Waals surface area contributed by atoms with E-state index in [0.29, 0.717) is 18.7 Å². The van der Waals surface area contributed by atoms with Gasteiger partial charge in [-0.25, -0.2) is 12.8 Å². The van der Waals surface area contributed by atoms with Crippen molar-refractivity contribution in [3.63, 3.8) is 0 Å². The lowest BCUT2D eigenvalue weighted by molar-refractivity contribution is 0.243. The number of hydrogen-bond acceptors (Lipinski definition) is 3. The Kier molecular flexibility index (Phi) is 4.46. The van der Waals surface area contributed by atoms with E-state index in [9.17, 15) is 12.8 Å². The fourth-order valence-corrected chi connectivity index (χ4v) is 4.40. The van der Waals surface area contributed by atoms with Gasteiger partial charge in [0.25, 0.3) is 0 Å². The van der Waals surface area contributed by atoms with Crippen molar-refractivity contribution in [1.29, 1.82) is 0 Å². The van der Waals surface area contributed by atoms with Crippen molar-refractivity contribution in [2.45, 2.75) is 37.6 Å². The van der Waals surface area contributed by atoms with E-state index in [-0.39, 0.29) is 16.9 Å². The molecule has 4 nitrogen and oxygen atoms in total. The van der Waals surface area contributed by atoms with E-state index in [4.69, 9.17) is 5.73 Å². The Morgan fingerprint density at radius 3 is 2.75 bits per heavy atom. The number of nitrogens with zero attached hydrogens (tertiary/aromatic N) is 1. The Balaban J connectivity index is 2.30. The molecule has 1 saturated heterocycles. The summed E-state index contributed by atoms with van der Waals surface area (Å²) in [6, 6.07) is 3.75. The van der Waals surface area contributed by atoms with Gasteiger partial charge in [-0.3, -0.25) is 0 Å². The summed E-state index contributed by atoms with van der Waals surface area (Å²) in [6.45, 7) is 4.46. The van der Waals surface area contributed by atoms with Gasteiger partial charge in [-0.1, -0.05) is 0 Å². The zero-order valence-electron chi connectivity index (χ0n) is 11.8. The third kappa shape index (κ3) is 3.02. The zero-order valence-corrected chi connectivity index (χ0v) is 12.7. The van der Waals surface area contributed by atoms with Crippen molar-refractivity contribution in [3.8, 4) is 0 Å². The van der Waals surface area contributed by atoms with Gasteiger partial charge in [-0.15, -0.1) is 0 Å². The Hall–Kier alpha value is -0.980. The largest absolute Gasteiger partial charge is 0.328 e. The molecule has 1 aromatic rings. The average Bonchev–Trinajstić information content (AvgIpc) is 2.38. The van der Waals surface area contributed by atoms with Crippen LogP contribution < -0.4 is 5.73 Å². The zero-order chi connectivity index (χ0) is 14.9. The summed E-state index contributed by atoms with van der Waals surface area (Å²) in [5.41, 5.74) is 6.33. The Labute approximate surface area is 119 Å². The molecular weight excluding hydrogens is 279 g/mol. The van der Waals surface area contributed by atoms with Crippen molar-refractivity contribution >= 4 is 10.0 Å². The number of rotatable bonds is 3. The van der Waals surface area contributed by atoms with Crippen LogP contribution in [-0.2, 0) is 10.0 Å². The summed E-state index contributed by atoms with van der Waals surface area (Å²) in [6.07, 6.45) is 1.76. The van der Waals surface area contributed by atoms with Gasteiger partial charge in [0.1, 0.15) is 5.82 Å². The Morgan fingerprint density at radius 1 is 1.45 bits per heavy atom. The first-order chi connectivity index (χ1) is 9.32. The molecule has 2 rings (SSSR count). The normalized spacial score (nSPS) is 22.7. The second-order valence-corrected chi connectivity index (χ2v) is 7.44. The van der Waals surface area contributed by atoms with E-state index in [1.807, 2.05) is 6.92 Å². The Morgan fingerprint density at radius 2 is 2.15 bits per heavy atom. The second kappa shape index (κ2) is 5.79. The molecule has 1 heterocycles. The van der Waals surface area contributed by atoms with Gasteiger partial charge in [0.15, 0.2) is 0 Å². The molecule has 0 bridgehead atoms. The molecule has 0 aromatic heterocycles. The van der Waals surface area contributed by atoms with Crippen molar-refractivity contribution < 1.29 is 12.8 Å². The topological polar surface area (TPSA) is 63.4 Å². The highest BCUT2D eigenvalue weighted by atomic mass is 32.2. The van der Waals surface area contributed by atoms with Crippen LogP contribution >= 0.6 is 0 Å². The molecule has 1 aliphatic rings. The minimum atomic E-state index is -3.56. The third-order valence-corrected chi connectivity index (χ3v) is 5.94. The fourth-order valence-electron chi connectivity index (χ4n) is 2.66. The summed E-state index contributed by atoms with van der Waals surface area (Å²) < 4.78 is 39.9. The van der Waals surface area contributed by atoms with Gasteiger partial charge in [-0.2, -0.15) is 4.31 Å². The van der Waals surface area contributed by atoms with E-state index in [2.05, 4.69) is 0 Å². The highest BCUT2D eigenvalue weighted by Gasteiger charge is 2.32. The quantitative estimate of drug-likeness (QED) is 0.927. The van der Waals surface area contributed by atoms with Crippen molar-refractivity contribution in [1.82, 2.24) is 4.31 Å². The molecule has 0 aliphatic carbocycles. The molecule has 0 radical (unpaired) electrons. The summed E-state index contributed by atoms with van der Waals surface area (Å²) in [7, 11) is -3.56. The van der Waals surface area contributed by atoms with Gasteiger partial charge in [-0.05, 0) is 56.4 Å². The number of benzene rings is 1. The van der Waals surface area contributed by atoms with E-state index in [1.165, 1.54) is 22.5 Å². The maximum atomic E-state index is 13.1. The highest BCUT2D eigenvalue weighted by Crippen LogP contribution is 2.26. The first kappa shape index (κ1) is 15.4. The van der Waals surface area contributed by atoms with Crippen molar-refractivity contribution in [2.24, 2.45) is 11.7 Å². The van der Waals surface area contributed by atoms with E-state index in [1.54, 1.807) is 6.92 Å². The van der Waals surface area contributed by atoms with Gasteiger partial charge in [0.05, 0.1) is 4.90 Å². The summed E-state index contributed by atoms with van der Waals surface area (Å²) in [4.78, 5) is 0.184. The van der Waals surface area contributed by atoms with Gasteiger partial charge in [0.2, 0.25) is 10.0 Å². The number of sulfonamides is 1. The van der Waals surface area contributed by atoms with E-state index >= 15 is 0 Å². The molecular formula is C14H21FN2O2S. The number of hydrogen-bond donors (Lipinski definition) is 1. The van der Waals surface area contributed by atoms with Crippen LogP contribution in [0.1, 0.15) is 25.3 Å². The van der Waals surface area contributed by atoms with Gasteiger partial charge in [0, 0.05) is 19.1 Å². The van der Waals surface area contributed by atoms with Crippen LogP contribution in [0, 0.1) is 18.7 Å². The maximum Gasteiger partial charge on any atom is 0.243 e. The molecule has 0 amide bonds. The summed E-state index contributed by atoms with van der Waals surface area (Å²) in [5.74, 6) is -0.243. The summed E-state index contributed by atoms with van der Waals surface area (Å²) in [5, 5.41) is 0. The van der Waals surface area contributed by atoms with Crippen molar-refractivity contribution in [3.05, 3.63) is 29.6 Å². The second-order valence-electron chi connectivity index (χ2n) is 5.53. The lowest BCUT2D eigenvalue weighted by Gasteiger charge is -2.34. The molecule has 0 unspecified atom stereocenters. The number of aryl methyl sites for hydroxylation is 1. The van der Waals surface area contributed by atoms with E-state index < -0.39 is 15.8 Å². The number of halogens is 1. The van der Waals surface area contributed by atoms with Crippen LogP contribution in [0.4, 0.5) is 4.39 Å². The minimum absolute atomic E-state index is 0.0256. The predicted octanol–water partition coefficient (Wildman–Crippen LogP) is 1.88. The molecule has 1 fully saturated rings. The first-order valence-corrected chi connectivity index (χ1v) is 8.28. The van der Waals surface area contributed by atoms with Crippen molar-refractivity contribution in [2.75, 3.05) is 13.1 Å². The molecule has 112 valence electrons. The first-order valence-electron chi connectivity index (χ1n) is 6.84. The van der Waals surface area contributed by atoms with E-state index in [0.717, 1.165) is 12.8 Å². The van der Waals surface area contributed by atoms with Crippen LogP contribution in [0.2, 0.25) is 0 Å². The molecule has 20 heavy (non-hydrogen) atoms. The van der Waals surface area contributed by atoms with Gasteiger partial charge >= 0.3 is 0 Å². The molecule has 1 aromatic carbocycles. The highest BCUT2D eigenvalue weighted by molar-refractivity contribution is 7.89. The SMILES string of the molecule is Cc1cc(F)ccc1S(=O)(=O)N1CCC[C@H]([C@H](C)N)C1. The lowest BCUT2D eigenvalue weighted by Crippen LogP contribution is -2.45. The summed E-state index contributed by atoms with van der Waals surface area (Å²) >= 11 is 0. The minimum Gasteiger partial charge on any atom is -0.328 e. The number of piperidine rings is 1. The maximum absolute atomic E-state index is 13.1. The smallest absolute Gasteiger partial charge is 0.243 e. The van der Waals surface area contributed by atoms with Crippen LogP contribution in [0.25, 0.3) is 0 Å². The molecule has 2 N–H and O–H groups in total. The molecule has 0 saturated carbocycles. The number of nitrogens with two attached hydrogens (primary N) is 1. The van der Waals surface area contributed by atoms with Crippen LogP contribution in [0.5, 0.6) is 0 Å². The fraction of sp³-hybridized carbons (Fsp3) is 0.571.